The van der Waals surface area contributed by atoms with E-state index in [1.165, 1.54) is 0 Å². The Balaban J connectivity index is 1.77. The van der Waals surface area contributed by atoms with Crippen molar-refractivity contribution in [3.63, 3.8) is 0 Å². The lowest BCUT2D eigenvalue weighted by Gasteiger charge is -2.36. The van der Waals surface area contributed by atoms with Crippen LogP contribution >= 0.6 is 0 Å². The van der Waals surface area contributed by atoms with Gasteiger partial charge in [-0.15, -0.1) is 4.72 Å². The number of benzene rings is 1. The lowest BCUT2D eigenvalue weighted by atomic mass is 10.0. The number of aliphatic hydroxyl groups is 1. The van der Waals surface area contributed by atoms with E-state index in [-0.39, 0.29) is 11.5 Å². The van der Waals surface area contributed by atoms with Gasteiger partial charge in [0.15, 0.2) is 19.9 Å². The largest absolute Gasteiger partial charge is 0.598 e. The van der Waals surface area contributed by atoms with Crippen molar-refractivity contribution in [3.8, 4) is 22.8 Å². The molecule has 0 aliphatic heterocycles. The lowest BCUT2D eigenvalue weighted by molar-refractivity contribution is 0.0157. The third kappa shape index (κ3) is 8.14. The zero-order valence-electron chi connectivity index (χ0n) is 28.7. The second-order valence-electron chi connectivity index (χ2n) is 13.8. The molecular formula is C33H48N6O5SSi. The summed E-state index contributed by atoms with van der Waals surface area (Å²) in [5, 5.41) is 17.1. The maximum atomic E-state index is 12.9. The standard InChI is InChI=1S/C33H48N6O5SSi/c1-11-33(40,38-45(41)31(2,3)4)29-14-12-13-26(37-29)23-17-27-25(28(18-23)43-16-15-42-8)20-35-39(27)30-21-34-19-24(36-30)22-44-46(9,10)32(5,6)7/h12-14,17-21,38,40H,11,15-16,22H2,1-10H3/t33-,45+/m0/s1. The Morgan fingerprint density at radius 3 is 2.41 bits per heavy atom. The molecule has 2 atom stereocenters. The molecule has 0 fully saturated rings. The molecular weight excluding hydrogens is 621 g/mol. The van der Waals surface area contributed by atoms with Gasteiger partial charge in [0.05, 0.1) is 59.8 Å². The fraction of sp³-hybridized carbons (Fsp3) is 0.515. The Labute approximate surface area is 276 Å². The number of methoxy groups -OCH3 is 1. The molecule has 0 unspecified atom stereocenters. The molecule has 0 aliphatic carbocycles. The molecule has 0 saturated carbocycles. The summed E-state index contributed by atoms with van der Waals surface area (Å²) in [5.74, 6) is 1.15. The summed E-state index contributed by atoms with van der Waals surface area (Å²) in [6, 6.07) is 9.27. The highest BCUT2D eigenvalue weighted by Gasteiger charge is 2.39. The number of pyridine rings is 1. The zero-order chi connectivity index (χ0) is 33.9. The van der Waals surface area contributed by atoms with Crippen molar-refractivity contribution in [1.82, 2.24) is 29.5 Å². The zero-order valence-corrected chi connectivity index (χ0v) is 30.5. The monoisotopic (exact) mass is 668 g/mol. The molecule has 250 valence electrons. The van der Waals surface area contributed by atoms with Crippen LogP contribution in [0.2, 0.25) is 18.1 Å². The number of aromatic nitrogens is 5. The molecule has 0 aliphatic rings. The van der Waals surface area contributed by atoms with Crippen LogP contribution in [0.4, 0.5) is 0 Å². The van der Waals surface area contributed by atoms with Crippen LogP contribution < -0.4 is 9.46 Å². The van der Waals surface area contributed by atoms with E-state index in [9.17, 15) is 9.66 Å². The molecule has 0 spiro atoms. The van der Waals surface area contributed by atoms with Crippen LogP contribution in [0.15, 0.2) is 48.9 Å². The highest BCUT2D eigenvalue weighted by atomic mass is 32.2. The lowest BCUT2D eigenvalue weighted by Crippen LogP contribution is -2.51. The second kappa shape index (κ2) is 14.1. The van der Waals surface area contributed by atoms with Gasteiger partial charge in [0.1, 0.15) is 17.1 Å². The van der Waals surface area contributed by atoms with E-state index in [2.05, 4.69) is 48.7 Å². The first kappa shape index (κ1) is 35.9. The molecule has 4 aromatic rings. The van der Waals surface area contributed by atoms with Gasteiger partial charge in [0, 0.05) is 24.0 Å². The number of rotatable bonds is 13. The summed E-state index contributed by atoms with van der Waals surface area (Å²) in [7, 11) is -0.363. The molecule has 0 radical (unpaired) electrons. The number of nitrogens with one attached hydrogen (secondary N) is 1. The molecule has 0 bridgehead atoms. The Morgan fingerprint density at radius 2 is 1.76 bits per heavy atom. The van der Waals surface area contributed by atoms with Gasteiger partial charge in [0.2, 0.25) is 0 Å². The second-order valence-corrected chi connectivity index (χ2v) is 20.6. The summed E-state index contributed by atoms with van der Waals surface area (Å²) < 4.78 is 34.8. The van der Waals surface area contributed by atoms with Crippen LogP contribution in [0.25, 0.3) is 28.0 Å². The number of hydrogen-bond donors (Lipinski definition) is 2. The van der Waals surface area contributed by atoms with Crippen LogP contribution in [-0.2, 0) is 32.9 Å². The molecule has 13 heteroatoms. The predicted octanol–water partition coefficient (Wildman–Crippen LogP) is 6.03. The smallest absolute Gasteiger partial charge is 0.200 e. The molecule has 46 heavy (non-hydrogen) atoms. The maximum Gasteiger partial charge on any atom is 0.200 e. The molecule has 3 aromatic heterocycles. The SMILES string of the molecule is CC[C@@](O)(N[S@+]([O-])C(C)(C)C)c1cccc(-c2cc(OCCOC)c3cnn(-c4cncc(CO[Si](C)(C)C(C)(C)C)n4)c3c2)n1. The van der Waals surface area contributed by atoms with Crippen LogP contribution in [0.1, 0.15) is 66.3 Å². The van der Waals surface area contributed by atoms with E-state index >= 15 is 0 Å². The Bertz CT molecular complexity index is 1640. The van der Waals surface area contributed by atoms with E-state index in [1.54, 1.807) is 36.4 Å². The number of nitrogens with zero attached hydrogens (tertiary/aromatic N) is 5. The minimum absolute atomic E-state index is 0.0731. The maximum absolute atomic E-state index is 12.9. The number of ether oxygens (including phenoxy) is 2. The Morgan fingerprint density at radius 1 is 1.02 bits per heavy atom. The van der Waals surface area contributed by atoms with E-state index in [0.717, 1.165) is 16.5 Å². The quantitative estimate of drug-likeness (QED) is 0.0751. The normalized spacial score (nSPS) is 14.8. The first-order valence-electron chi connectivity index (χ1n) is 15.5. The predicted molar refractivity (Wildman–Crippen MR) is 184 cm³/mol. The first-order chi connectivity index (χ1) is 21.5. The summed E-state index contributed by atoms with van der Waals surface area (Å²) >= 11 is -1.52. The molecule has 4 rings (SSSR count). The summed E-state index contributed by atoms with van der Waals surface area (Å²) in [4.78, 5) is 14.1. The third-order valence-corrected chi connectivity index (χ3v) is 14.4. The highest BCUT2D eigenvalue weighted by molar-refractivity contribution is 7.90. The van der Waals surface area contributed by atoms with Crippen LogP contribution in [0.5, 0.6) is 5.75 Å². The minimum atomic E-state index is -1.99. The average Bonchev–Trinajstić information content (AvgIpc) is 3.43. The molecule has 2 N–H and O–H groups in total. The fourth-order valence-electron chi connectivity index (χ4n) is 4.25. The number of fused-ring (bicyclic) bond motifs is 1. The minimum Gasteiger partial charge on any atom is -0.598 e. The molecule has 11 nitrogen and oxygen atoms in total. The Hall–Kier alpha value is -2.91. The van der Waals surface area contributed by atoms with Gasteiger partial charge in [-0.05, 0) is 69.6 Å². The summed E-state index contributed by atoms with van der Waals surface area (Å²) in [5.41, 5.74) is 1.56. The molecule has 3 heterocycles. The molecule has 0 amide bonds. The van der Waals surface area contributed by atoms with Gasteiger partial charge in [-0.3, -0.25) is 4.98 Å². The van der Waals surface area contributed by atoms with Crippen LogP contribution in [0, 0.1) is 0 Å². The van der Waals surface area contributed by atoms with Gasteiger partial charge in [-0.1, -0.05) is 33.8 Å². The van der Waals surface area contributed by atoms with Crippen molar-refractivity contribution in [2.24, 2.45) is 0 Å². The van der Waals surface area contributed by atoms with Gasteiger partial charge in [-0.25, -0.2) is 14.6 Å². The van der Waals surface area contributed by atoms with Gasteiger partial charge in [-0.2, -0.15) is 5.10 Å². The fourth-order valence-corrected chi connectivity index (χ4v) is 6.06. The van der Waals surface area contributed by atoms with E-state index in [4.69, 9.17) is 23.9 Å². The number of hydrogen-bond acceptors (Lipinski definition) is 10. The van der Waals surface area contributed by atoms with Crippen LogP contribution in [-0.4, -0.2) is 67.8 Å². The van der Waals surface area contributed by atoms with Crippen molar-refractivity contribution in [2.75, 3.05) is 20.3 Å². The van der Waals surface area contributed by atoms with Crippen molar-refractivity contribution >= 4 is 30.6 Å². The van der Waals surface area contributed by atoms with E-state index in [0.29, 0.717) is 48.5 Å². The van der Waals surface area contributed by atoms with E-state index < -0.39 is 30.2 Å². The average molecular weight is 669 g/mol. The van der Waals surface area contributed by atoms with Crippen LogP contribution in [0.3, 0.4) is 0 Å². The highest BCUT2D eigenvalue weighted by Crippen LogP contribution is 2.37. The van der Waals surface area contributed by atoms with Crippen molar-refractivity contribution in [1.29, 1.82) is 0 Å². The van der Waals surface area contributed by atoms with E-state index in [1.807, 2.05) is 52.0 Å². The third-order valence-electron chi connectivity index (χ3n) is 8.27. The van der Waals surface area contributed by atoms with Gasteiger partial charge < -0.3 is 23.6 Å². The van der Waals surface area contributed by atoms with Crippen molar-refractivity contribution < 1.29 is 23.6 Å². The first-order valence-corrected chi connectivity index (χ1v) is 19.5. The van der Waals surface area contributed by atoms with Gasteiger partial charge >= 0.3 is 0 Å². The topological polar surface area (TPSA) is 140 Å². The van der Waals surface area contributed by atoms with Gasteiger partial charge in [0.25, 0.3) is 0 Å². The molecule has 0 saturated heterocycles. The van der Waals surface area contributed by atoms with Crippen molar-refractivity contribution in [2.45, 2.75) is 90.1 Å². The van der Waals surface area contributed by atoms with Crippen molar-refractivity contribution in [3.05, 3.63) is 60.3 Å². The summed E-state index contributed by atoms with van der Waals surface area (Å²) in [6.45, 7) is 19.5. The Kier molecular flexibility index (Phi) is 11.0. The molecule has 1 aromatic carbocycles. The summed E-state index contributed by atoms with van der Waals surface area (Å²) in [6.07, 6.45) is 5.39.